The number of hydrogen-bond donors (Lipinski definition) is 1. The van der Waals surface area contributed by atoms with E-state index in [1.807, 2.05) is 23.1 Å². The van der Waals surface area contributed by atoms with Crippen molar-refractivity contribution in [2.45, 2.75) is 31.8 Å². The molecule has 0 radical (unpaired) electrons. The monoisotopic (exact) mass is 380 g/mol. The van der Waals surface area contributed by atoms with Gasteiger partial charge in [0.05, 0.1) is 18.4 Å². The van der Waals surface area contributed by atoms with Crippen LogP contribution in [0, 0.1) is 0 Å². The molecule has 0 aliphatic carbocycles. The predicted octanol–water partition coefficient (Wildman–Crippen LogP) is 3.55. The Labute approximate surface area is 166 Å². The van der Waals surface area contributed by atoms with E-state index in [0.29, 0.717) is 19.7 Å². The van der Waals surface area contributed by atoms with Crippen molar-refractivity contribution < 1.29 is 9.53 Å². The lowest BCUT2D eigenvalue weighted by molar-refractivity contribution is -0.0157. The summed E-state index contributed by atoms with van der Waals surface area (Å²) in [5.74, 6) is 0.877. The number of nitrogens with zero attached hydrogens (tertiary/aromatic N) is 3. The highest BCUT2D eigenvalue weighted by atomic mass is 16.5. The van der Waals surface area contributed by atoms with Gasteiger partial charge in [-0.3, -0.25) is 0 Å². The molecule has 3 heterocycles. The number of aromatic nitrogens is 1. The Balaban J connectivity index is 1.34. The minimum absolute atomic E-state index is 0.0681. The summed E-state index contributed by atoms with van der Waals surface area (Å²) in [7, 11) is 0. The van der Waals surface area contributed by atoms with Crippen LogP contribution in [0.5, 0.6) is 0 Å². The standard InChI is InChI=1S/C22H28N4O2/c27-22(24-20-9-6-12-23-21(20)25-13-4-5-14-25)26-15-16-28-19(17-26)11-10-18-7-2-1-3-8-18/h1-3,6-9,12,19H,4-5,10-11,13-17H2,(H,24,27). The molecule has 0 saturated carbocycles. The second-order valence-corrected chi connectivity index (χ2v) is 7.46. The predicted molar refractivity (Wildman–Crippen MR) is 111 cm³/mol. The average Bonchev–Trinajstić information content (AvgIpc) is 3.28. The molecule has 2 aliphatic heterocycles. The summed E-state index contributed by atoms with van der Waals surface area (Å²) in [5.41, 5.74) is 2.10. The normalized spacial score (nSPS) is 19.6. The molecular weight excluding hydrogens is 352 g/mol. The zero-order valence-electron chi connectivity index (χ0n) is 16.2. The highest BCUT2D eigenvalue weighted by Gasteiger charge is 2.25. The van der Waals surface area contributed by atoms with Crippen LogP contribution in [0.15, 0.2) is 48.7 Å². The summed E-state index contributed by atoms with van der Waals surface area (Å²) >= 11 is 0. The van der Waals surface area contributed by atoms with Gasteiger partial charge in [0.15, 0.2) is 5.82 Å². The van der Waals surface area contributed by atoms with Gasteiger partial charge in [0.2, 0.25) is 0 Å². The van der Waals surface area contributed by atoms with E-state index in [9.17, 15) is 4.79 Å². The van der Waals surface area contributed by atoms with Gasteiger partial charge in [0, 0.05) is 32.4 Å². The van der Waals surface area contributed by atoms with Crippen LogP contribution in [-0.2, 0) is 11.2 Å². The van der Waals surface area contributed by atoms with E-state index in [1.165, 1.54) is 18.4 Å². The largest absolute Gasteiger partial charge is 0.375 e. The summed E-state index contributed by atoms with van der Waals surface area (Å²) in [4.78, 5) is 21.5. The Morgan fingerprint density at radius 3 is 2.75 bits per heavy atom. The van der Waals surface area contributed by atoms with Crippen LogP contribution in [0.4, 0.5) is 16.3 Å². The van der Waals surface area contributed by atoms with Gasteiger partial charge < -0.3 is 19.9 Å². The number of nitrogens with one attached hydrogen (secondary N) is 1. The van der Waals surface area contributed by atoms with Crippen molar-refractivity contribution in [3.05, 3.63) is 54.2 Å². The highest BCUT2D eigenvalue weighted by molar-refractivity contribution is 5.92. The number of aryl methyl sites for hydroxylation is 1. The van der Waals surface area contributed by atoms with Crippen molar-refractivity contribution in [3.8, 4) is 0 Å². The Kier molecular flexibility index (Phi) is 6.07. The van der Waals surface area contributed by atoms with Crippen LogP contribution in [0.25, 0.3) is 0 Å². The van der Waals surface area contributed by atoms with E-state index in [-0.39, 0.29) is 12.1 Å². The van der Waals surface area contributed by atoms with Gasteiger partial charge in [-0.05, 0) is 43.4 Å². The van der Waals surface area contributed by atoms with Gasteiger partial charge in [0.1, 0.15) is 0 Å². The number of morpholine rings is 1. The third-order valence-corrected chi connectivity index (χ3v) is 5.46. The van der Waals surface area contributed by atoms with Gasteiger partial charge in [0.25, 0.3) is 0 Å². The Bertz CT molecular complexity index is 777. The van der Waals surface area contributed by atoms with Crippen molar-refractivity contribution in [3.63, 3.8) is 0 Å². The minimum atomic E-state index is -0.0681. The number of rotatable bonds is 5. The number of anilines is 2. The number of hydrogen-bond acceptors (Lipinski definition) is 4. The molecule has 148 valence electrons. The van der Waals surface area contributed by atoms with E-state index >= 15 is 0 Å². The first-order chi connectivity index (χ1) is 13.8. The molecule has 28 heavy (non-hydrogen) atoms. The molecule has 2 saturated heterocycles. The van der Waals surface area contributed by atoms with Gasteiger partial charge in [-0.25, -0.2) is 9.78 Å². The molecule has 6 nitrogen and oxygen atoms in total. The number of ether oxygens (including phenoxy) is 1. The van der Waals surface area contributed by atoms with E-state index in [1.54, 1.807) is 6.20 Å². The number of carbonyl (C=O) groups excluding carboxylic acids is 1. The van der Waals surface area contributed by atoms with Crippen LogP contribution in [0.1, 0.15) is 24.8 Å². The second kappa shape index (κ2) is 9.06. The van der Waals surface area contributed by atoms with Crippen molar-refractivity contribution in [1.29, 1.82) is 0 Å². The second-order valence-electron chi connectivity index (χ2n) is 7.46. The molecule has 2 amide bonds. The molecule has 1 unspecified atom stereocenters. The third-order valence-electron chi connectivity index (χ3n) is 5.46. The maximum absolute atomic E-state index is 12.9. The van der Waals surface area contributed by atoms with E-state index in [0.717, 1.165) is 37.4 Å². The topological polar surface area (TPSA) is 57.7 Å². The molecule has 2 fully saturated rings. The van der Waals surface area contributed by atoms with Crippen LogP contribution in [0.2, 0.25) is 0 Å². The fourth-order valence-electron chi connectivity index (χ4n) is 3.92. The Hall–Kier alpha value is -2.60. The molecule has 0 spiro atoms. The lowest BCUT2D eigenvalue weighted by Gasteiger charge is -2.33. The number of carbonyl (C=O) groups is 1. The van der Waals surface area contributed by atoms with Gasteiger partial charge in [-0.1, -0.05) is 30.3 Å². The minimum Gasteiger partial charge on any atom is -0.375 e. The first-order valence-electron chi connectivity index (χ1n) is 10.2. The number of amides is 2. The first kappa shape index (κ1) is 18.7. The molecule has 1 N–H and O–H groups in total. The van der Waals surface area contributed by atoms with Gasteiger partial charge in [-0.2, -0.15) is 0 Å². The van der Waals surface area contributed by atoms with Crippen LogP contribution < -0.4 is 10.2 Å². The quantitative estimate of drug-likeness (QED) is 0.862. The fraction of sp³-hybridized carbons (Fsp3) is 0.455. The smallest absolute Gasteiger partial charge is 0.322 e. The zero-order valence-corrected chi connectivity index (χ0v) is 16.2. The van der Waals surface area contributed by atoms with Crippen molar-refractivity contribution in [2.24, 2.45) is 0 Å². The van der Waals surface area contributed by atoms with Crippen molar-refractivity contribution in [2.75, 3.05) is 43.0 Å². The highest BCUT2D eigenvalue weighted by Crippen LogP contribution is 2.26. The summed E-state index contributed by atoms with van der Waals surface area (Å²) in [5, 5.41) is 3.08. The Morgan fingerprint density at radius 1 is 1.11 bits per heavy atom. The molecule has 2 aliphatic rings. The molecular formula is C22H28N4O2. The third kappa shape index (κ3) is 4.62. The van der Waals surface area contributed by atoms with Crippen LogP contribution in [-0.4, -0.2) is 54.8 Å². The number of pyridine rings is 1. The molecule has 2 aromatic rings. The molecule has 1 aromatic heterocycles. The SMILES string of the molecule is O=C(Nc1cccnc1N1CCCC1)N1CCOC(CCc2ccccc2)C1. The van der Waals surface area contributed by atoms with Crippen LogP contribution >= 0.6 is 0 Å². The Morgan fingerprint density at radius 2 is 1.93 bits per heavy atom. The number of benzene rings is 1. The van der Waals surface area contributed by atoms with Crippen molar-refractivity contribution in [1.82, 2.24) is 9.88 Å². The van der Waals surface area contributed by atoms with Gasteiger partial charge in [-0.15, -0.1) is 0 Å². The number of urea groups is 1. The van der Waals surface area contributed by atoms with E-state index < -0.39 is 0 Å². The van der Waals surface area contributed by atoms with Gasteiger partial charge >= 0.3 is 6.03 Å². The average molecular weight is 380 g/mol. The van der Waals surface area contributed by atoms with E-state index in [2.05, 4.69) is 39.5 Å². The van der Waals surface area contributed by atoms with Crippen LogP contribution in [0.3, 0.4) is 0 Å². The summed E-state index contributed by atoms with van der Waals surface area (Å²) < 4.78 is 5.89. The summed E-state index contributed by atoms with van der Waals surface area (Å²) in [6.07, 6.45) is 6.10. The maximum Gasteiger partial charge on any atom is 0.322 e. The summed E-state index contributed by atoms with van der Waals surface area (Å²) in [6, 6.07) is 14.2. The van der Waals surface area contributed by atoms with E-state index in [4.69, 9.17) is 4.74 Å². The zero-order chi connectivity index (χ0) is 19.2. The molecule has 1 aromatic carbocycles. The molecule has 4 rings (SSSR count). The lowest BCUT2D eigenvalue weighted by atomic mass is 10.1. The summed E-state index contributed by atoms with van der Waals surface area (Å²) in [6.45, 7) is 3.82. The first-order valence-corrected chi connectivity index (χ1v) is 10.2. The molecule has 0 bridgehead atoms. The fourth-order valence-corrected chi connectivity index (χ4v) is 3.92. The van der Waals surface area contributed by atoms with Crippen molar-refractivity contribution >= 4 is 17.5 Å². The maximum atomic E-state index is 12.9. The lowest BCUT2D eigenvalue weighted by Crippen LogP contribution is -2.47. The molecule has 6 heteroatoms. The molecule has 1 atom stereocenters.